The Hall–Kier alpha value is -1.44. The zero-order chi connectivity index (χ0) is 13.4. The molecular weight excluding hydrogens is 258 g/mol. The first-order chi connectivity index (χ1) is 8.60. The molecule has 7 heteroatoms. The number of nitrogens with one attached hydrogen (secondary N) is 1. The van der Waals surface area contributed by atoms with Crippen LogP contribution in [0.2, 0.25) is 0 Å². The quantitative estimate of drug-likeness (QED) is 0.411. The summed E-state index contributed by atoms with van der Waals surface area (Å²) >= 11 is 0. The highest BCUT2D eigenvalue weighted by Gasteiger charge is 2.17. The Morgan fingerprint density at radius 2 is 2.17 bits per heavy atom. The zero-order valence-corrected chi connectivity index (χ0v) is 10.6. The molecule has 0 saturated heterocycles. The van der Waals surface area contributed by atoms with Gasteiger partial charge in [-0.2, -0.15) is 0 Å². The second kappa shape index (κ2) is 7.10. The molecule has 0 aromatic carbocycles. The van der Waals surface area contributed by atoms with E-state index in [4.69, 9.17) is 9.15 Å². The normalized spacial score (nSPS) is 11.3. The molecule has 0 amide bonds. The Bertz CT molecular complexity index is 491. The average Bonchev–Trinajstić information content (AvgIpc) is 2.83. The molecule has 0 bridgehead atoms. The lowest BCUT2D eigenvalue weighted by molar-refractivity contribution is 0.109. The van der Waals surface area contributed by atoms with Gasteiger partial charge in [-0.05, 0) is 18.6 Å². The van der Waals surface area contributed by atoms with Gasteiger partial charge in [0.25, 0.3) is 10.0 Å². The summed E-state index contributed by atoms with van der Waals surface area (Å²) in [6, 6.07) is 2.52. The topological polar surface area (TPSA) is 85.6 Å². The minimum Gasteiger partial charge on any atom is -0.440 e. The average molecular weight is 273 g/mol. The van der Waals surface area contributed by atoms with E-state index in [2.05, 4.69) is 11.3 Å². The maximum Gasteiger partial charge on any atom is 0.274 e. The minimum atomic E-state index is -3.72. The van der Waals surface area contributed by atoms with E-state index >= 15 is 0 Å². The van der Waals surface area contributed by atoms with Crippen molar-refractivity contribution >= 4 is 16.3 Å². The summed E-state index contributed by atoms with van der Waals surface area (Å²) in [5.41, 5.74) is 0. The largest absolute Gasteiger partial charge is 0.440 e. The first-order valence-electron chi connectivity index (χ1n) is 5.33. The molecule has 0 unspecified atom stereocenters. The number of ether oxygens (including phenoxy) is 1. The standard InChI is InChI=1S/C11H15NO5S/c1-2-3-7-16-8-6-12-18(14,15)11-5-4-10(9-13)17-11/h2,4-5,9,12H,1,3,6-8H2. The summed E-state index contributed by atoms with van der Waals surface area (Å²) in [5, 5.41) is -0.282. The van der Waals surface area contributed by atoms with Crippen LogP contribution in [0.15, 0.2) is 34.3 Å². The second-order valence-corrected chi connectivity index (χ2v) is 5.06. The molecule has 0 spiro atoms. The van der Waals surface area contributed by atoms with Crippen molar-refractivity contribution in [3.05, 3.63) is 30.5 Å². The number of hydrogen-bond acceptors (Lipinski definition) is 5. The van der Waals surface area contributed by atoms with Crippen molar-refractivity contribution in [2.24, 2.45) is 0 Å². The van der Waals surface area contributed by atoms with Gasteiger partial charge >= 0.3 is 0 Å². The molecule has 6 nitrogen and oxygen atoms in total. The minimum absolute atomic E-state index is 0.0300. The molecule has 0 fully saturated rings. The predicted octanol–water partition coefficient (Wildman–Crippen LogP) is 0.963. The molecule has 0 aliphatic rings. The van der Waals surface area contributed by atoms with E-state index in [0.717, 1.165) is 0 Å². The van der Waals surface area contributed by atoms with Crippen LogP contribution in [0.1, 0.15) is 17.0 Å². The molecule has 0 atom stereocenters. The number of aldehydes is 1. The van der Waals surface area contributed by atoms with E-state index in [1.54, 1.807) is 6.08 Å². The van der Waals surface area contributed by atoms with Crippen LogP contribution in [0, 0.1) is 0 Å². The molecule has 0 radical (unpaired) electrons. The van der Waals surface area contributed by atoms with Crippen LogP contribution in [0.5, 0.6) is 0 Å². The number of furan rings is 1. The highest BCUT2D eigenvalue weighted by molar-refractivity contribution is 7.89. The van der Waals surface area contributed by atoms with Crippen LogP contribution in [0.25, 0.3) is 0 Å². The van der Waals surface area contributed by atoms with E-state index in [9.17, 15) is 13.2 Å². The van der Waals surface area contributed by atoms with Crippen LogP contribution in [-0.2, 0) is 14.8 Å². The van der Waals surface area contributed by atoms with Crippen molar-refractivity contribution in [2.45, 2.75) is 11.5 Å². The molecule has 1 N–H and O–H groups in total. The van der Waals surface area contributed by atoms with Gasteiger partial charge in [0.15, 0.2) is 12.0 Å². The van der Waals surface area contributed by atoms with Gasteiger partial charge in [0, 0.05) is 6.54 Å². The summed E-state index contributed by atoms with van der Waals surface area (Å²) in [5.74, 6) is -0.0300. The highest BCUT2D eigenvalue weighted by atomic mass is 32.2. The Morgan fingerprint density at radius 3 is 2.78 bits per heavy atom. The Labute approximate surface area is 106 Å². The van der Waals surface area contributed by atoms with Gasteiger partial charge in [-0.15, -0.1) is 6.58 Å². The van der Waals surface area contributed by atoms with Crippen molar-refractivity contribution in [3.8, 4) is 0 Å². The third kappa shape index (κ3) is 4.44. The monoisotopic (exact) mass is 273 g/mol. The Balaban J connectivity index is 2.40. The van der Waals surface area contributed by atoms with Crippen LogP contribution >= 0.6 is 0 Å². The SMILES string of the molecule is C=CCCOCCNS(=O)(=O)c1ccc(C=O)o1. The van der Waals surface area contributed by atoms with Gasteiger partial charge < -0.3 is 9.15 Å². The van der Waals surface area contributed by atoms with E-state index in [1.807, 2.05) is 0 Å². The van der Waals surface area contributed by atoms with Crippen molar-refractivity contribution in [1.82, 2.24) is 4.72 Å². The van der Waals surface area contributed by atoms with Crippen molar-refractivity contribution in [3.63, 3.8) is 0 Å². The van der Waals surface area contributed by atoms with Gasteiger partial charge in [-0.1, -0.05) is 6.08 Å². The van der Waals surface area contributed by atoms with Gasteiger partial charge in [-0.25, -0.2) is 13.1 Å². The fourth-order valence-corrected chi connectivity index (χ4v) is 2.08. The van der Waals surface area contributed by atoms with Crippen LogP contribution in [0.3, 0.4) is 0 Å². The summed E-state index contributed by atoms with van der Waals surface area (Å²) in [6.07, 6.45) is 2.87. The second-order valence-electron chi connectivity index (χ2n) is 3.36. The number of carbonyl (C=O) groups is 1. The molecule has 1 rings (SSSR count). The third-order valence-corrected chi connectivity index (χ3v) is 3.32. The van der Waals surface area contributed by atoms with Crippen LogP contribution in [0.4, 0.5) is 0 Å². The van der Waals surface area contributed by atoms with Crippen molar-refractivity contribution < 1.29 is 22.4 Å². The van der Waals surface area contributed by atoms with E-state index < -0.39 is 10.0 Å². The smallest absolute Gasteiger partial charge is 0.274 e. The Morgan fingerprint density at radius 1 is 1.39 bits per heavy atom. The summed E-state index contributed by atoms with van der Waals surface area (Å²) in [6.45, 7) is 4.43. The van der Waals surface area contributed by atoms with Gasteiger partial charge in [-0.3, -0.25) is 4.79 Å². The lowest BCUT2D eigenvalue weighted by Crippen LogP contribution is -2.27. The lowest BCUT2D eigenvalue weighted by Gasteiger charge is -2.04. The predicted molar refractivity (Wildman–Crippen MR) is 64.9 cm³/mol. The summed E-state index contributed by atoms with van der Waals surface area (Å²) < 4.78 is 35.6. The highest BCUT2D eigenvalue weighted by Crippen LogP contribution is 2.11. The maximum absolute atomic E-state index is 11.7. The molecule has 1 aromatic heterocycles. The molecule has 18 heavy (non-hydrogen) atoms. The van der Waals surface area contributed by atoms with Crippen LogP contribution < -0.4 is 4.72 Å². The molecule has 1 aromatic rings. The molecule has 100 valence electrons. The maximum atomic E-state index is 11.7. The number of carbonyl (C=O) groups excluding carboxylic acids is 1. The molecule has 1 heterocycles. The third-order valence-electron chi connectivity index (χ3n) is 1.99. The van der Waals surface area contributed by atoms with E-state index in [0.29, 0.717) is 19.3 Å². The fraction of sp³-hybridized carbons (Fsp3) is 0.364. The van der Waals surface area contributed by atoms with Crippen LogP contribution in [-0.4, -0.2) is 34.5 Å². The van der Waals surface area contributed by atoms with Gasteiger partial charge in [0.2, 0.25) is 5.09 Å². The first-order valence-corrected chi connectivity index (χ1v) is 6.82. The van der Waals surface area contributed by atoms with Gasteiger partial charge in [0.1, 0.15) is 0 Å². The van der Waals surface area contributed by atoms with E-state index in [-0.39, 0.29) is 24.0 Å². The zero-order valence-electron chi connectivity index (χ0n) is 9.79. The van der Waals surface area contributed by atoms with E-state index in [1.165, 1.54) is 12.1 Å². The lowest BCUT2D eigenvalue weighted by atomic mass is 10.5. The fourth-order valence-electron chi connectivity index (χ4n) is 1.13. The number of sulfonamides is 1. The first kappa shape index (κ1) is 14.6. The summed E-state index contributed by atoms with van der Waals surface area (Å²) in [7, 11) is -3.72. The van der Waals surface area contributed by atoms with Crippen molar-refractivity contribution in [2.75, 3.05) is 19.8 Å². The number of rotatable bonds is 9. The van der Waals surface area contributed by atoms with Crippen molar-refractivity contribution in [1.29, 1.82) is 0 Å². The molecule has 0 aliphatic carbocycles. The molecule has 0 saturated carbocycles. The molecular formula is C11H15NO5S. The van der Waals surface area contributed by atoms with Gasteiger partial charge in [0.05, 0.1) is 13.2 Å². The Kier molecular flexibility index (Phi) is 5.76. The summed E-state index contributed by atoms with van der Waals surface area (Å²) in [4.78, 5) is 10.4. The molecule has 0 aliphatic heterocycles. The number of hydrogen-bond donors (Lipinski definition) is 1.